The summed E-state index contributed by atoms with van der Waals surface area (Å²) >= 11 is 4.97. The van der Waals surface area contributed by atoms with Gasteiger partial charge in [0.25, 0.3) is 0 Å². The lowest BCUT2D eigenvalue weighted by Gasteiger charge is -1.97. The normalized spacial score (nSPS) is 9.40. The first-order valence-electron chi connectivity index (χ1n) is 2.97. The number of nitrogens with zero attached hydrogens (tertiary/aromatic N) is 1. The van der Waals surface area contributed by atoms with E-state index in [1.807, 2.05) is 6.92 Å². The Kier molecular flexibility index (Phi) is 2.01. The summed E-state index contributed by atoms with van der Waals surface area (Å²) in [5, 5.41) is 2.86. The Morgan fingerprint density at radius 2 is 2.50 bits per heavy atom. The highest BCUT2D eigenvalue weighted by Crippen LogP contribution is 1.99. The number of nitrogens with one attached hydrogen (secondary N) is 2. The highest BCUT2D eigenvalue weighted by molar-refractivity contribution is 7.80. The summed E-state index contributed by atoms with van der Waals surface area (Å²) in [4.78, 5) is 7.65. The van der Waals surface area contributed by atoms with Crippen LogP contribution in [-0.4, -0.2) is 22.0 Å². The first-order valence-corrected chi connectivity index (χ1v) is 3.38. The Morgan fingerprint density at radius 3 is 2.90 bits per heavy atom. The van der Waals surface area contributed by atoms with Crippen LogP contribution in [0.5, 0.6) is 0 Å². The van der Waals surface area contributed by atoms with Crippen molar-refractivity contribution in [1.29, 1.82) is 0 Å². The molecule has 0 atom stereocenters. The maximum Gasteiger partial charge on any atom is 0.126 e. The topological polar surface area (TPSA) is 40.7 Å². The van der Waals surface area contributed by atoms with Gasteiger partial charge in [-0.2, -0.15) is 0 Å². The lowest BCUT2D eigenvalue weighted by atomic mass is 10.3. The Labute approximate surface area is 64.9 Å². The molecular weight excluding hydrogens is 146 g/mol. The zero-order valence-electron chi connectivity index (χ0n) is 5.93. The van der Waals surface area contributed by atoms with Crippen molar-refractivity contribution in [2.45, 2.75) is 6.92 Å². The zero-order chi connectivity index (χ0) is 7.56. The van der Waals surface area contributed by atoms with Gasteiger partial charge >= 0.3 is 0 Å². The van der Waals surface area contributed by atoms with Crippen LogP contribution in [0.1, 0.15) is 11.4 Å². The van der Waals surface area contributed by atoms with Crippen LogP contribution in [0.3, 0.4) is 0 Å². The maximum atomic E-state index is 4.97. The monoisotopic (exact) mass is 155 g/mol. The molecule has 1 aromatic heterocycles. The van der Waals surface area contributed by atoms with E-state index >= 15 is 0 Å². The van der Waals surface area contributed by atoms with Crippen molar-refractivity contribution in [3.8, 4) is 0 Å². The number of aryl methyl sites for hydroxylation is 1. The van der Waals surface area contributed by atoms with Crippen LogP contribution in [-0.2, 0) is 0 Å². The van der Waals surface area contributed by atoms with Crippen LogP contribution in [0.2, 0.25) is 0 Å². The second-order valence-electron chi connectivity index (χ2n) is 1.96. The van der Waals surface area contributed by atoms with Crippen LogP contribution in [0.4, 0.5) is 0 Å². The number of hydrogen-bond acceptors (Lipinski definition) is 2. The van der Waals surface area contributed by atoms with Crippen molar-refractivity contribution < 1.29 is 0 Å². The molecule has 0 aliphatic rings. The molecule has 0 bridgehead atoms. The minimum absolute atomic E-state index is 0.679. The van der Waals surface area contributed by atoms with Crippen LogP contribution in [0, 0.1) is 6.92 Å². The van der Waals surface area contributed by atoms with Crippen molar-refractivity contribution in [1.82, 2.24) is 15.3 Å². The number of hydrogen-bond donors (Lipinski definition) is 2. The number of rotatable bonds is 1. The molecule has 0 aliphatic carbocycles. The third-order valence-corrected chi connectivity index (χ3v) is 1.67. The van der Waals surface area contributed by atoms with Gasteiger partial charge in [-0.1, -0.05) is 12.2 Å². The summed E-state index contributed by atoms with van der Waals surface area (Å²) in [7, 11) is 1.79. The summed E-state index contributed by atoms with van der Waals surface area (Å²) in [6, 6.07) is 0. The van der Waals surface area contributed by atoms with Gasteiger partial charge in [0, 0.05) is 12.7 Å². The molecule has 1 heterocycles. The average Bonchev–Trinajstić information content (AvgIpc) is 2.34. The molecule has 10 heavy (non-hydrogen) atoms. The summed E-state index contributed by atoms with van der Waals surface area (Å²) in [5.41, 5.74) is 1.83. The molecule has 3 nitrogen and oxygen atoms in total. The molecule has 0 aliphatic heterocycles. The van der Waals surface area contributed by atoms with Crippen LogP contribution in [0.15, 0.2) is 6.33 Å². The highest BCUT2D eigenvalue weighted by Gasteiger charge is 2.03. The van der Waals surface area contributed by atoms with Gasteiger partial charge in [0.1, 0.15) is 10.7 Å². The number of H-pyrrole nitrogens is 1. The van der Waals surface area contributed by atoms with Crippen LogP contribution < -0.4 is 5.32 Å². The van der Waals surface area contributed by atoms with Crippen molar-refractivity contribution in [3.63, 3.8) is 0 Å². The van der Waals surface area contributed by atoms with E-state index in [9.17, 15) is 0 Å². The molecule has 0 amide bonds. The van der Waals surface area contributed by atoms with E-state index in [0.717, 1.165) is 11.4 Å². The molecular formula is C6H9N3S. The molecule has 54 valence electrons. The third-order valence-electron chi connectivity index (χ3n) is 1.27. The highest BCUT2D eigenvalue weighted by atomic mass is 32.1. The molecule has 0 saturated heterocycles. The number of thiocarbonyl (C=S) groups is 1. The van der Waals surface area contributed by atoms with Gasteiger partial charge in [-0.3, -0.25) is 0 Å². The quantitative estimate of drug-likeness (QED) is 0.584. The van der Waals surface area contributed by atoms with Gasteiger partial charge in [0.05, 0.1) is 6.33 Å². The maximum absolute atomic E-state index is 4.97. The van der Waals surface area contributed by atoms with E-state index in [0.29, 0.717) is 4.99 Å². The van der Waals surface area contributed by atoms with Crippen molar-refractivity contribution in [3.05, 3.63) is 17.7 Å². The number of aromatic amines is 1. The molecule has 2 N–H and O–H groups in total. The summed E-state index contributed by atoms with van der Waals surface area (Å²) in [6.07, 6.45) is 1.63. The fraction of sp³-hybridized carbons (Fsp3) is 0.333. The van der Waals surface area contributed by atoms with E-state index in [4.69, 9.17) is 12.2 Å². The summed E-state index contributed by atoms with van der Waals surface area (Å²) < 4.78 is 0. The van der Waals surface area contributed by atoms with Gasteiger partial charge < -0.3 is 10.3 Å². The second kappa shape index (κ2) is 2.79. The SMILES string of the molecule is CNC(=S)c1nc[nH]c1C. The fourth-order valence-electron chi connectivity index (χ4n) is 0.706. The van der Waals surface area contributed by atoms with Gasteiger partial charge in [-0.15, -0.1) is 0 Å². The molecule has 4 heteroatoms. The lowest BCUT2D eigenvalue weighted by Crippen LogP contribution is -2.17. The number of aromatic nitrogens is 2. The number of imidazole rings is 1. The van der Waals surface area contributed by atoms with E-state index in [1.54, 1.807) is 13.4 Å². The molecule has 0 radical (unpaired) electrons. The largest absolute Gasteiger partial charge is 0.378 e. The smallest absolute Gasteiger partial charge is 0.126 e. The summed E-state index contributed by atoms with van der Waals surface area (Å²) in [6.45, 7) is 1.94. The molecule has 0 unspecified atom stereocenters. The fourth-order valence-corrected chi connectivity index (χ4v) is 0.912. The van der Waals surface area contributed by atoms with E-state index in [-0.39, 0.29) is 0 Å². The van der Waals surface area contributed by atoms with Gasteiger partial charge in [0.2, 0.25) is 0 Å². The minimum Gasteiger partial charge on any atom is -0.378 e. The Balaban J connectivity index is 2.93. The molecule has 0 saturated carbocycles. The van der Waals surface area contributed by atoms with E-state index in [2.05, 4.69) is 15.3 Å². The van der Waals surface area contributed by atoms with E-state index < -0.39 is 0 Å². The molecule has 0 fully saturated rings. The van der Waals surface area contributed by atoms with Crippen LogP contribution in [0.25, 0.3) is 0 Å². The Morgan fingerprint density at radius 1 is 1.80 bits per heavy atom. The first kappa shape index (κ1) is 7.21. The molecule has 1 rings (SSSR count). The predicted octanol–water partition coefficient (Wildman–Crippen LogP) is 0.613. The third kappa shape index (κ3) is 1.16. The van der Waals surface area contributed by atoms with Gasteiger partial charge in [0.15, 0.2) is 0 Å². The van der Waals surface area contributed by atoms with Crippen LogP contribution >= 0.6 is 12.2 Å². The standard InChI is InChI=1S/C6H9N3S/c1-4-5(6(10)7-2)9-3-8-4/h3H,1-2H3,(H,7,10)(H,8,9). The zero-order valence-corrected chi connectivity index (χ0v) is 6.75. The van der Waals surface area contributed by atoms with E-state index in [1.165, 1.54) is 0 Å². The van der Waals surface area contributed by atoms with Crippen molar-refractivity contribution in [2.75, 3.05) is 7.05 Å². The average molecular weight is 155 g/mol. The van der Waals surface area contributed by atoms with Gasteiger partial charge in [-0.25, -0.2) is 4.98 Å². The Hall–Kier alpha value is -0.900. The Bertz CT molecular complexity index is 241. The molecule has 0 aromatic carbocycles. The second-order valence-corrected chi connectivity index (χ2v) is 2.36. The van der Waals surface area contributed by atoms with Gasteiger partial charge in [-0.05, 0) is 6.92 Å². The predicted molar refractivity (Wildman–Crippen MR) is 44.1 cm³/mol. The lowest BCUT2D eigenvalue weighted by molar-refractivity contribution is 1.17. The molecule has 1 aromatic rings. The first-order chi connectivity index (χ1) is 4.75. The van der Waals surface area contributed by atoms with Crippen molar-refractivity contribution in [2.24, 2.45) is 0 Å². The van der Waals surface area contributed by atoms with Crippen molar-refractivity contribution >= 4 is 17.2 Å². The minimum atomic E-state index is 0.679. The molecule has 0 spiro atoms. The summed E-state index contributed by atoms with van der Waals surface area (Å²) in [5.74, 6) is 0.